The molecule has 252 valence electrons. The molecule has 0 saturated carbocycles. The van der Waals surface area contributed by atoms with Crippen LogP contribution in [0.4, 0.5) is 17.1 Å². The highest BCUT2D eigenvalue weighted by Gasteiger charge is 2.17. The summed E-state index contributed by atoms with van der Waals surface area (Å²) in [6, 6.07) is 72.4. The van der Waals surface area contributed by atoms with Crippen LogP contribution in [0.1, 0.15) is 0 Å². The lowest BCUT2D eigenvalue weighted by Gasteiger charge is -2.27. The summed E-state index contributed by atoms with van der Waals surface area (Å²) in [6.07, 6.45) is 0. The summed E-state index contributed by atoms with van der Waals surface area (Å²) in [5, 5.41) is 12.2. The van der Waals surface area contributed by atoms with Gasteiger partial charge in [0.15, 0.2) is 0 Å². The van der Waals surface area contributed by atoms with Gasteiger partial charge in [0.1, 0.15) is 11.2 Å². The maximum absolute atomic E-state index is 6.32. The first-order valence-corrected chi connectivity index (χ1v) is 18.5. The van der Waals surface area contributed by atoms with E-state index in [1.165, 1.54) is 60.0 Å². The van der Waals surface area contributed by atoms with E-state index in [-0.39, 0.29) is 0 Å². The van der Waals surface area contributed by atoms with E-state index < -0.39 is 0 Å². The van der Waals surface area contributed by atoms with Crippen LogP contribution in [-0.2, 0) is 0 Å². The third-order valence-electron chi connectivity index (χ3n) is 11.0. The molecule has 0 aliphatic carbocycles. The van der Waals surface area contributed by atoms with Crippen LogP contribution in [0.5, 0.6) is 0 Å². The molecule has 0 radical (unpaired) electrons. The molecular formula is C52H33NO. The van der Waals surface area contributed by atoms with Gasteiger partial charge in [-0.25, -0.2) is 0 Å². The lowest BCUT2D eigenvalue weighted by molar-refractivity contribution is 0.669. The van der Waals surface area contributed by atoms with Crippen LogP contribution in [0.15, 0.2) is 205 Å². The first-order valence-electron chi connectivity index (χ1n) is 18.5. The summed E-state index contributed by atoms with van der Waals surface area (Å²) in [5.74, 6) is 0. The first kappa shape index (κ1) is 30.5. The largest absolute Gasteiger partial charge is 0.456 e. The molecule has 0 bridgehead atoms. The molecule has 0 saturated heterocycles. The molecule has 54 heavy (non-hydrogen) atoms. The molecular weight excluding hydrogens is 655 g/mol. The number of nitrogens with zero attached hydrogens (tertiary/aromatic N) is 1. The smallest absolute Gasteiger partial charge is 0.136 e. The van der Waals surface area contributed by atoms with Crippen molar-refractivity contribution in [3.05, 3.63) is 200 Å². The van der Waals surface area contributed by atoms with E-state index in [9.17, 15) is 0 Å². The maximum atomic E-state index is 6.32. The van der Waals surface area contributed by atoms with E-state index in [4.69, 9.17) is 4.42 Å². The number of para-hydroxylation sites is 1. The molecule has 1 heterocycles. The molecule has 1 aromatic heterocycles. The second-order valence-corrected chi connectivity index (χ2v) is 14.1. The monoisotopic (exact) mass is 687 g/mol. The standard InChI is InChI=1S/C52H33NO/c1-2-11-34(12-3-1)37-15-10-16-42(29-37)53(43-27-23-38-31-49-46-19-8-9-20-50(46)54-51(49)33-40(38)30-43)41-25-21-36(22-26-41)48-32-39-14-5-7-18-45(39)52-44-17-6-4-13-35(44)24-28-47(48)52/h1-33H. The van der Waals surface area contributed by atoms with Crippen molar-refractivity contribution in [3.8, 4) is 22.3 Å². The van der Waals surface area contributed by atoms with Crippen LogP contribution in [-0.4, -0.2) is 0 Å². The fourth-order valence-corrected chi connectivity index (χ4v) is 8.40. The maximum Gasteiger partial charge on any atom is 0.136 e. The Morgan fingerprint density at radius 1 is 0.296 bits per heavy atom. The summed E-state index contributed by atoms with van der Waals surface area (Å²) in [4.78, 5) is 2.37. The zero-order valence-corrected chi connectivity index (χ0v) is 29.4. The molecule has 0 fully saturated rings. The number of hydrogen-bond acceptors (Lipinski definition) is 2. The molecule has 0 spiro atoms. The Morgan fingerprint density at radius 2 is 0.963 bits per heavy atom. The Labute approximate surface area is 312 Å². The van der Waals surface area contributed by atoms with Crippen molar-refractivity contribution in [2.24, 2.45) is 0 Å². The van der Waals surface area contributed by atoms with Crippen molar-refractivity contribution >= 4 is 82.1 Å². The predicted molar refractivity (Wildman–Crippen MR) is 229 cm³/mol. The van der Waals surface area contributed by atoms with Gasteiger partial charge in [0.05, 0.1) is 0 Å². The number of anilines is 3. The highest BCUT2D eigenvalue weighted by Crippen LogP contribution is 2.42. The molecule has 0 aliphatic rings. The Balaban J connectivity index is 1.08. The topological polar surface area (TPSA) is 16.4 Å². The SMILES string of the molecule is c1ccc(-c2cccc(N(c3ccc(-c4cc5ccccc5c5c4ccc4ccccc45)cc3)c3ccc4cc5c(cc4c3)oc3ccccc35)c2)cc1. The van der Waals surface area contributed by atoms with Crippen LogP contribution in [0.2, 0.25) is 0 Å². The van der Waals surface area contributed by atoms with Gasteiger partial charge in [0.25, 0.3) is 0 Å². The Bertz CT molecular complexity index is 3200. The molecule has 0 aliphatic heterocycles. The Morgan fingerprint density at radius 3 is 1.81 bits per heavy atom. The Hall–Kier alpha value is -7.16. The number of benzene rings is 10. The number of rotatable bonds is 5. The van der Waals surface area contributed by atoms with Gasteiger partial charge in [-0.3, -0.25) is 0 Å². The summed E-state index contributed by atoms with van der Waals surface area (Å²) >= 11 is 0. The quantitative estimate of drug-likeness (QED) is 0.168. The number of furan rings is 1. The number of hydrogen-bond donors (Lipinski definition) is 0. The molecule has 0 atom stereocenters. The molecule has 11 rings (SSSR count). The van der Waals surface area contributed by atoms with Crippen LogP contribution >= 0.6 is 0 Å². The summed E-state index contributed by atoms with van der Waals surface area (Å²) in [7, 11) is 0. The van der Waals surface area contributed by atoms with Gasteiger partial charge in [-0.1, -0.05) is 140 Å². The number of fused-ring (bicyclic) bond motifs is 9. The van der Waals surface area contributed by atoms with Crippen LogP contribution in [0.3, 0.4) is 0 Å². The lowest BCUT2D eigenvalue weighted by Crippen LogP contribution is -2.10. The molecule has 2 heteroatoms. The van der Waals surface area contributed by atoms with E-state index in [1.54, 1.807) is 0 Å². The lowest BCUT2D eigenvalue weighted by atomic mass is 9.90. The van der Waals surface area contributed by atoms with E-state index in [0.29, 0.717) is 0 Å². The van der Waals surface area contributed by atoms with Crippen LogP contribution in [0, 0.1) is 0 Å². The van der Waals surface area contributed by atoms with Gasteiger partial charge in [-0.05, 0) is 126 Å². The van der Waals surface area contributed by atoms with Crippen LogP contribution in [0.25, 0.3) is 87.3 Å². The molecule has 11 aromatic rings. The normalized spacial score (nSPS) is 11.7. The van der Waals surface area contributed by atoms with E-state index in [0.717, 1.165) is 44.4 Å². The fraction of sp³-hybridized carbons (Fsp3) is 0. The van der Waals surface area contributed by atoms with E-state index in [2.05, 4.69) is 193 Å². The molecule has 2 nitrogen and oxygen atoms in total. The van der Waals surface area contributed by atoms with Crippen molar-refractivity contribution in [2.45, 2.75) is 0 Å². The molecule has 0 N–H and O–H groups in total. The first-order chi connectivity index (χ1) is 26.7. The van der Waals surface area contributed by atoms with Crippen molar-refractivity contribution in [2.75, 3.05) is 4.90 Å². The average Bonchev–Trinajstić information content (AvgIpc) is 3.60. The van der Waals surface area contributed by atoms with Crippen LogP contribution < -0.4 is 4.90 Å². The van der Waals surface area contributed by atoms with E-state index in [1.807, 2.05) is 12.1 Å². The molecule has 10 aromatic carbocycles. The summed E-state index contributed by atoms with van der Waals surface area (Å²) in [6.45, 7) is 0. The van der Waals surface area contributed by atoms with Crippen molar-refractivity contribution in [3.63, 3.8) is 0 Å². The summed E-state index contributed by atoms with van der Waals surface area (Å²) in [5.41, 5.74) is 9.87. The van der Waals surface area contributed by atoms with Gasteiger partial charge in [0, 0.05) is 27.8 Å². The fourth-order valence-electron chi connectivity index (χ4n) is 8.40. The van der Waals surface area contributed by atoms with Gasteiger partial charge < -0.3 is 9.32 Å². The zero-order chi connectivity index (χ0) is 35.6. The highest BCUT2D eigenvalue weighted by atomic mass is 16.3. The second kappa shape index (κ2) is 12.2. The van der Waals surface area contributed by atoms with Gasteiger partial charge in [0.2, 0.25) is 0 Å². The highest BCUT2D eigenvalue weighted by molar-refractivity contribution is 6.24. The third-order valence-corrected chi connectivity index (χ3v) is 11.0. The predicted octanol–water partition coefficient (Wildman–Crippen LogP) is 15.0. The summed E-state index contributed by atoms with van der Waals surface area (Å²) < 4.78 is 6.32. The van der Waals surface area contributed by atoms with Crippen molar-refractivity contribution in [1.29, 1.82) is 0 Å². The second-order valence-electron chi connectivity index (χ2n) is 14.1. The third kappa shape index (κ3) is 4.96. The minimum Gasteiger partial charge on any atom is -0.456 e. The van der Waals surface area contributed by atoms with Crippen molar-refractivity contribution in [1.82, 2.24) is 0 Å². The average molecular weight is 688 g/mol. The Kier molecular flexibility index (Phi) is 6.90. The minimum absolute atomic E-state index is 0.901. The van der Waals surface area contributed by atoms with Crippen molar-refractivity contribution < 1.29 is 4.42 Å². The van der Waals surface area contributed by atoms with Gasteiger partial charge >= 0.3 is 0 Å². The zero-order valence-electron chi connectivity index (χ0n) is 29.4. The minimum atomic E-state index is 0.901. The van der Waals surface area contributed by atoms with E-state index >= 15 is 0 Å². The molecule has 0 amide bonds. The molecule has 0 unspecified atom stereocenters. The van der Waals surface area contributed by atoms with Gasteiger partial charge in [-0.15, -0.1) is 0 Å². The van der Waals surface area contributed by atoms with Gasteiger partial charge in [-0.2, -0.15) is 0 Å².